The van der Waals surface area contributed by atoms with E-state index in [1.165, 1.54) is 238 Å². The van der Waals surface area contributed by atoms with Gasteiger partial charge >= 0.3 is 39.5 Å². The molecule has 0 rings (SSSR count). The molecule has 0 radical (unpaired) electrons. The number of hydrogen-bond acceptors (Lipinski definition) is 15. The fourth-order valence-electron chi connectivity index (χ4n) is 12.3. The van der Waals surface area contributed by atoms with Gasteiger partial charge in [-0.25, -0.2) is 9.13 Å². The second-order valence-corrected chi connectivity index (χ2v) is 32.4. The van der Waals surface area contributed by atoms with Crippen LogP contribution in [-0.2, 0) is 65.4 Å². The Bertz CT molecular complexity index is 1910. The maximum atomic E-state index is 13.1. The average molecular weight is 1450 g/mol. The Morgan fingerprint density at radius 2 is 0.515 bits per heavy atom. The Morgan fingerprint density at radius 1 is 0.293 bits per heavy atom. The third kappa shape index (κ3) is 72.8. The molecule has 3 N–H and O–H groups in total. The molecule has 19 heteroatoms. The van der Waals surface area contributed by atoms with Crippen molar-refractivity contribution in [1.29, 1.82) is 0 Å². The molecule has 0 heterocycles. The molecule has 0 aromatic carbocycles. The molecule has 0 aromatic heterocycles. The SMILES string of the molecule is CCCCCCCCCCCCCCCCCCCCCC(=O)O[C@H](COC(=O)CCCCCCCCCCCCCCCCCC)COP(=O)(O)OC[C@@H](O)COP(=O)(O)OC[C@@H](COC(=O)CCCCCCCCCCC(C)CC)OC(=O)CCCCCCCCCCCC(C)C. The van der Waals surface area contributed by atoms with Crippen molar-refractivity contribution >= 4 is 39.5 Å². The summed E-state index contributed by atoms with van der Waals surface area (Å²) in [6.45, 7) is 9.61. The van der Waals surface area contributed by atoms with Crippen LogP contribution in [0.2, 0.25) is 0 Å². The lowest BCUT2D eigenvalue weighted by Crippen LogP contribution is -2.30. The van der Waals surface area contributed by atoms with Gasteiger partial charge in [0.15, 0.2) is 12.2 Å². The second kappa shape index (κ2) is 71.7. The second-order valence-electron chi connectivity index (χ2n) is 29.5. The molecule has 99 heavy (non-hydrogen) atoms. The Labute approximate surface area is 607 Å². The predicted octanol–water partition coefficient (Wildman–Crippen LogP) is 23.9. The number of esters is 4. The number of carbonyl (C=O) groups is 4. The van der Waals surface area contributed by atoms with Crippen molar-refractivity contribution in [3.63, 3.8) is 0 Å². The van der Waals surface area contributed by atoms with Crippen LogP contribution in [0.5, 0.6) is 0 Å². The van der Waals surface area contributed by atoms with Gasteiger partial charge in [-0.1, -0.05) is 369 Å². The maximum Gasteiger partial charge on any atom is 0.472 e. The average Bonchev–Trinajstić information content (AvgIpc) is 1.04. The first-order valence-corrected chi connectivity index (χ1v) is 44.5. The van der Waals surface area contributed by atoms with Gasteiger partial charge in [-0.3, -0.25) is 37.3 Å². The Balaban J connectivity index is 5.25. The van der Waals surface area contributed by atoms with Crippen molar-refractivity contribution in [3.8, 4) is 0 Å². The van der Waals surface area contributed by atoms with Gasteiger partial charge in [0.05, 0.1) is 26.4 Å². The fraction of sp³-hybridized carbons (Fsp3) is 0.950. The number of aliphatic hydroxyl groups excluding tert-OH is 1. The Hall–Kier alpha value is -1.94. The highest BCUT2D eigenvalue weighted by atomic mass is 31.2. The highest BCUT2D eigenvalue weighted by Crippen LogP contribution is 2.45. The van der Waals surface area contributed by atoms with Crippen molar-refractivity contribution < 1.29 is 80.2 Å². The summed E-state index contributed by atoms with van der Waals surface area (Å²) in [4.78, 5) is 73.0. The number of unbranched alkanes of at least 4 members (excludes halogenated alkanes) is 48. The molecular weight excluding hydrogens is 1290 g/mol. The van der Waals surface area contributed by atoms with Crippen LogP contribution in [-0.4, -0.2) is 96.7 Å². The zero-order valence-corrected chi connectivity index (χ0v) is 66.6. The van der Waals surface area contributed by atoms with Gasteiger partial charge in [0.25, 0.3) is 0 Å². The number of phosphoric ester groups is 2. The summed E-state index contributed by atoms with van der Waals surface area (Å²) in [6.07, 6.45) is 61.0. The van der Waals surface area contributed by atoms with Crippen molar-refractivity contribution in [2.24, 2.45) is 11.8 Å². The smallest absolute Gasteiger partial charge is 0.462 e. The molecular formula is C80H156O17P2. The number of carbonyl (C=O) groups excluding carboxylic acids is 4. The summed E-state index contributed by atoms with van der Waals surface area (Å²) in [5.74, 6) is -0.596. The van der Waals surface area contributed by atoms with Crippen LogP contribution in [0.3, 0.4) is 0 Å². The first kappa shape index (κ1) is 97.1. The lowest BCUT2D eigenvalue weighted by Gasteiger charge is -2.21. The molecule has 0 spiro atoms. The van der Waals surface area contributed by atoms with E-state index < -0.39 is 97.5 Å². The van der Waals surface area contributed by atoms with Gasteiger partial charge < -0.3 is 33.8 Å². The highest BCUT2D eigenvalue weighted by molar-refractivity contribution is 7.47. The molecule has 0 aliphatic heterocycles. The van der Waals surface area contributed by atoms with Crippen molar-refractivity contribution in [1.82, 2.24) is 0 Å². The van der Waals surface area contributed by atoms with Crippen LogP contribution in [0, 0.1) is 11.8 Å². The zero-order chi connectivity index (χ0) is 72.8. The summed E-state index contributed by atoms with van der Waals surface area (Å²) >= 11 is 0. The quantitative estimate of drug-likeness (QED) is 0.0222. The molecule has 588 valence electrons. The van der Waals surface area contributed by atoms with Crippen LogP contribution in [0.1, 0.15) is 420 Å². The molecule has 0 aromatic rings. The zero-order valence-electron chi connectivity index (χ0n) is 64.8. The van der Waals surface area contributed by atoms with Gasteiger partial charge in [0.1, 0.15) is 19.3 Å². The standard InChI is InChI=1S/C80H156O17P2/c1-7-10-12-14-16-18-20-22-24-26-27-28-30-32-34-38-46-52-58-64-79(84)96-75(68-90-77(82)62-56-50-44-37-33-31-29-25-23-21-19-17-15-13-11-8-2)70-94-98(86,87)92-66-74(81)67-93-99(88,89)95-71-76(97-80(85)65-59-53-47-39-35-36-42-48-54-60-72(4)5)69-91-78(83)63-57-51-45-41-40-43-49-55-61-73(6)9-3/h72-76,81H,7-71H2,1-6H3,(H,86,87)(H,88,89)/t73?,74-,75-,76-/m1/s1. The molecule has 3 unspecified atom stereocenters. The fourth-order valence-corrected chi connectivity index (χ4v) is 13.9. The van der Waals surface area contributed by atoms with Crippen LogP contribution in [0.15, 0.2) is 0 Å². The van der Waals surface area contributed by atoms with Crippen LogP contribution in [0.4, 0.5) is 0 Å². The summed E-state index contributed by atoms with van der Waals surface area (Å²) in [7, 11) is -9.92. The van der Waals surface area contributed by atoms with E-state index >= 15 is 0 Å². The molecule has 0 amide bonds. The van der Waals surface area contributed by atoms with Crippen molar-refractivity contribution in [2.45, 2.75) is 439 Å². The van der Waals surface area contributed by atoms with E-state index in [2.05, 4.69) is 41.5 Å². The van der Waals surface area contributed by atoms with E-state index in [9.17, 15) is 43.2 Å². The number of phosphoric acid groups is 2. The third-order valence-corrected chi connectivity index (χ3v) is 21.0. The monoisotopic (exact) mass is 1450 g/mol. The van der Waals surface area contributed by atoms with E-state index in [4.69, 9.17) is 37.0 Å². The maximum absolute atomic E-state index is 13.1. The molecule has 0 bridgehead atoms. The van der Waals surface area contributed by atoms with E-state index in [0.717, 1.165) is 102 Å². The van der Waals surface area contributed by atoms with Crippen LogP contribution in [0.25, 0.3) is 0 Å². The highest BCUT2D eigenvalue weighted by Gasteiger charge is 2.30. The summed E-state index contributed by atoms with van der Waals surface area (Å²) in [5.41, 5.74) is 0. The minimum atomic E-state index is -4.96. The van der Waals surface area contributed by atoms with Crippen LogP contribution < -0.4 is 0 Å². The Kier molecular flexibility index (Phi) is 70.3. The number of ether oxygens (including phenoxy) is 4. The lowest BCUT2D eigenvalue weighted by molar-refractivity contribution is -0.161. The van der Waals surface area contributed by atoms with E-state index in [1.807, 2.05) is 0 Å². The van der Waals surface area contributed by atoms with Gasteiger partial charge in [0, 0.05) is 25.7 Å². The number of rotatable bonds is 79. The first-order chi connectivity index (χ1) is 47.9. The van der Waals surface area contributed by atoms with Crippen molar-refractivity contribution in [3.05, 3.63) is 0 Å². The minimum Gasteiger partial charge on any atom is -0.462 e. The van der Waals surface area contributed by atoms with Crippen molar-refractivity contribution in [2.75, 3.05) is 39.6 Å². The summed E-state index contributed by atoms with van der Waals surface area (Å²) in [6, 6.07) is 0. The van der Waals surface area contributed by atoms with Gasteiger partial charge in [0.2, 0.25) is 0 Å². The molecule has 0 saturated heterocycles. The minimum absolute atomic E-state index is 0.105. The molecule has 6 atom stereocenters. The molecule has 17 nitrogen and oxygen atoms in total. The van der Waals surface area contributed by atoms with E-state index in [0.29, 0.717) is 25.7 Å². The van der Waals surface area contributed by atoms with E-state index in [-0.39, 0.29) is 25.7 Å². The topological polar surface area (TPSA) is 237 Å². The van der Waals surface area contributed by atoms with Gasteiger partial charge in [-0.2, -0.15) is 0 Å². The number of aliphatic hydroxyl groups is 1. The number of hydrogen-bond donors (Lipinski definition) is 3. The first-order valence-electron chi connectivity index (χ1n) is 41.5. The molecule has 0 aliphatic rings. The largest absolute Gasteiger partial charge is 0.472 e. The molecule has 0 fully saturated rings. The lowest BCUT2D eigenvalue weighted by atomic mass is 9.99. The molecule has 0 saturated carbocycles. The van der Waals surface area contributed by atoms with Gasteiger partial charge in [-0.05, 0) is 37.5 Å². The summed E-state index contributed by atoms with van der Waals surface area (Å²) in [5, 5.41) is 10.6. The normalized spacial score (nSPS) is 14.2. The summed E-state index contributed by atoms with van der Waals surface area (Å²) < 4.78 is 68.7. The predicted molar refractivity (Wildman–Crippen MR) is 405 cm³/mol. The van der Waals surface area contributed by atoms with Gasteiger partial charge in [-0.15, -0.1) is 0 Å². The third-order valence-electron chi connectivity index (χ3n) is 19.1. The van der Waals surface area contributed by atoms with Crippen LogP contribution >= 0.6 is 15.6 Å². The van der Waals surface area contributed by atoms with E-state index in [1.54, 1.807) is 0 Å². The molecule has 0 aliphatic carbocycles. The Morgan fingerprint density at radius 3 is 0.768 bits per heavy atom.